The number of likely N-dealkylation sites (N-methyl/N-ethyl adjacent to an activating group) is 1. The normalized spacial score (nSPS) is 11.2. The fourth-order valence-electron chi connectivity index (χ4n) is 3.38. The van der Waals surface area contributed by atoms with Gasteiger partial charge in [-0.2, -0.15) is 0 Å². The number of amides is 1. The summed E-state index contributed by atoms with van der Waals surface area (Å²) in [5.41, 5.74) is 3.39. The molecule has 0 bridgehead atoms. The van der Waals surface area contributed by atoms with E-state index in [0.717, 1.165) is 21.0 Å². The van der Waals surface area contributed by atoms with Gasteiger partial charge in [0.2, 0.25) is 5.91 Å². The zero-order valence-electron chi connectivity index (χ0n) is 19.5. The van der Waals surface area contributed by atoms with Gasteiger partial charge in [0.25, 0.3) is 10.0 Å². The van der Waals surface area contributed by atoms with E-state index in [1.165, 1.54) is 4.90 Å². The van der Waals surface area contributed by atoms with Crippen molar-refractivity contribution >= 4 is 21.6 Å². The molecule has 0 unspecified atom stereocenters. The van der Waals surface area contributed by atoms with Crippen molar-refractivity contribution in [1.82, 2.24) is 4.90 Å². The number of hydrogen-bond acceptors (Lipinski definition) is 4. The van der Waals surface area contributed by atoms with E-state index >= 15 is 0 Å². The summed E-state index contributed by atoms with van der Waals surface area (Å²) in [5, 5.41) is 0. The Bertz CT molecular complexity index is 1190. The summed E-state index contributed by atoms with van der Waals surface area (Å²) in [6, 6.07) is 21.4. The minimum absolute atomic E-state index is 0.119. The number of carbonyl (C=O) groups is 1. The summed E-state index contributed by atoms with van der Waals surface area (Å²) in [5.74, 6) is 0.0854. The highest BCUT2D eigenvalue weighted by Gasteiger charge is 2.30. The number of benzene rings is 3. The van der Waals surface area contributed by atoms with E-state index in [1.807, 2.05) is 45.0 Å². The van der Waals surface area contributed by atoms with Crippen molar-refractivity contribution in [2.45, 2.75) is 32.2 Å². The number of nitrogens with zero attached hydrogens (tertiary/aromatic N) is 2. The molecule has 0 aliphatic heterocycles. The average molecular weight is 467 g/mol. The largest absolute Gasteiger partial charge is 0.492 e. The molecule has 3 aromatic rings. The van der Waals surface area contributed by atoms with E-state index in [-0.39, 0.29) is 17.3 Å². The summed E-state index contributed by atoms with van der Waals surface area (Å²) in [4.78, 5) is 14.8. The van der Waals surface area contributed by atoms with E-state index in [2.05, 4.69) is 0 Å². The van der Waals surface area contributed by atoms with Gasteiger partial charge >= 0.3 is 0 Å². The van der Waals surface area contributed by atoms with Crippen molar-refractivity contribution in [3.05, 3.63) is 89.5 Å². The highest BCUT2D eigenvalue weighted by molar-refractivity contribution is 7.92. The molecular weight excluding hydrogens is 436 g/mol. The Hall–Kier alpha value is -3.32. The van der Waals surface area contributed by atoms with Crippen molar-refractivity contribution in [3.63, 3.8) is 0 Å². The van der Waals surface area contributed by atoms with Crippen molar-refractivity contribution in [1.29, 1.82) is 0 Å². The number of rotatable bonds is 9. The van der Waals surface area contributed by atoms with E-state index in [9.17, 15) is 13.2 Å². The molecule has 0 aromatic heterocycles. The van der Waals surface area contributed by atoms with Crippen LogP contribution in [0.2, 0.25) is 0 Å². The van der Waals surface area contributed by atoms with Crippen LogP contribution in [0.3, 0.4) is 0 Å². The first kappa shape index (κ1) is 24.3. The third kappa shape index (κ3) is 5.93. The second kappa shape index (κ2) is 10.5. The molecule has 3 aromatic carbocycles. The van der Waals surface area contributed by atoms with Crippen molar-refractivity contribution < 1.29 is 17.9 Å². The topological polar surface area (TPSA) is 66.9 Å². The second-order valence-electron chi connectivity index (χ2n) is 7.96. The molecule has 0 fully saturated rings. The number of aryl methyl sites for hydroxylation is 2. The third-order valence-corrected chi connectivity index (χ3v) is 7.06. The summed E-state index contributed by atoms with van der Waals surface area (Å²) in [6.45, 7) is 6.13. The number of para-hydroxylation sites is 2. The maximum Gasteiger partial charge on any atom is 0.264 e. The van der Waals surface area contributed by atoms with E-state index < -0.39 is 10.0 Å². The molecule has 7 heteroatoms. The molecule has 0 aliphatic rings. The average Bonchev–Trinajstić information content (AvgIpc) is 2.80. The predicted octanol–water partition coefficient (Wildman–Crippen LogP) is 4.56. The number of sulfonamides is 1. The summed E-state index contributed by atoms with van der Waals surface area (Å²) >= 11 is 0. The molecule has 174 valence electrons. The molecule has 0 aliphatic carbocycles. The fraction of sp³-hybridized carbons (Fsp3) is 0.269. The lowest BCUT2D eigenvalue weighted by atomic mass is 10.1. The van der Waals surface area contributed by atoms with Gasteiger partial charge in [0.05, 0.1) is 17.2 Å². The first-order valence-corrected chi connectivity index (χ1v) is 12.3. The molecule has 6 nitrogen and oxygen atoms in total. The molecule has 0 saturated heterocycles. The van der Waals surface area contributed by atoms with Crippen LogP contribution in [0.15, 0.2) is 77.7 Å². The fourth-order valence-corrected chi connectivity index (χ4v) is 4.80. The summed E-state index contributed by atoms with van der Waals surface area (Å²) in [7, 11) is -2.34. The maximum absolute atomic E-state index is 13.7. The Balaban J connectivity index is 1.95. The first-order chi connectivity index (χ1) is 15.7. The van der Waals surface area contributed by atoms with Gasteiger partial charge in [0, 0.05) is 13.6 Å². The summed E-state index contributed by atoms with van der Waals surface area (Å²) < 4.78 is 34.1. The first-order valence-electron chi connectivity index (χ1n) is 10.8. The number of ether oxygens (including phenoxy) is 1. The molecule has 0 heterocycles. The number of hydrogen-bond donors (Lipinski definition) is 0. The van der Waals surface area contributed by atoms with Crippen LogP contribution in [0.25, 0.3) is 0 Å². The lowest BCUT2D eigenvalue weighted by Gasteiger charge is -2.28. The molecule has 0 radical (unpaired) electrons. The molecular formula is C26H30N2O4S. The molecule has 1 amide bonds. The van der Waals surface area contributed by atoms with Crippen LogP contribution < -0.4 is 9.04 Å². The zero-order chi connectivity index (χ0) is 24.0. The highest BCUT2D eigenvalue weighted by atomic mass is 32.2. The van der Waals surface area contributed by atoms with Crippen LogP contribution in [0.4, 0.5) is 5.69 Å². The van der Waals surface area contributed by atoms with Crippen molar-refractivity contribution in [2.24, 2.45) is 0 Å². The zero-order valence-corrected chi connectivity index (χ0v) is 20.3. The SMILES string of the molecule is CCOc1ccccc1N(CC(=O)N(C)Cc1ccc(C)cc1)S(=O)(=O)c1ccc(C)cc1. The monoisotopic (exact) mass is 466 g/mol. The Morgan fingerprint density at radius 1 is 0.879 bits per heavy atom. The Morgan fingerprint density at radius 2 is 1.45 bits per heavy atom. The molecule has 0 saturated carbocycles. The van der Waals surface area contributed by atoms with Crippen LogP contribution in [0.1, 0.15) is 23.6 Å². The van der Waals surface area contributed by atoms with Crippen LogP contribution >= 0.6 is 0 Å². The molecule has 33 heavy (non-hydrogen) atoms. The van der Waals surface area contributed by atoms with Gasteiger partial charge in [0.15, 0.2) is 0 Å². The van der Waals surface area contributed by atoms with Gasteiger partial charge in [-0.05, 0) is 50.6 Å². The predicted molar refractivity (Wildman–Crippen MR) is 131 cm³/mol. The van der Waals surface area contributed by atoms with E-state index in [1.54, 1.807) is 55.6 Å². The molecule has 0 spiro atoms. The lowest BCUT2D eigenvalue weighted by Crippen LogP contribution is -2.41. The highest BCUT2D eigenvalue weighted by Crippen LogP contribution is 2.32. The van der Waals surface area contributed by atoms with Gasteiger partial charge in [-0.15, -0.1) is 0 Å². The van der Waals surface area contributed by atoms with Crippen LogP contribution in [0.5, 0.6) is 5.75 Å². The van der Waals surface area contributed by atoms with Crippen molar-refractivity contribution in [2.75, 3.05) is 24.5 Å². The third-order valence-electron chi connectivity index (χ3n) is 5.29. The van der Waals surface area contributed by atoms with Crippen LogP contribution in [0, 0.1) is 13.8 Å². The second-order valence-corrected chi connectivity index (χ2v) is 9.82. The maximum atomic E-state index is 13.7. The standard InChI is InChI=1S/C26H30N2O4S/c1-5-32-25-9-7-6-8-24(25)28(33(30,31)23-16-12-21(3)13-17-23)19-26(29)27(4)18-22-14-10-20(2)11-15-22/h6-17H,5,18-19H2,1-4H3. The molecule has 0 N–H and O–H groups in total. The van der Waals surface area contributed by atoms with Gasteiger partial charge in [-0.25, -0.2) is 8.42 Å². The Labute approximate surface area is 196 Å². The van der Waals surface area contributed by atoms with Crippen LogP contribution in [-0.4, -0.2) is 39.4 Å². The minimum atomic E-state index is -4.01. The van der Waals surface area contributed by atoms with E-state index in [0.29, 0.717) is 24.6 Å². The van der Waals surface area contributed by atoms with Gasteiger partial charge in [-0.1, -0.05) is 59.7 Å². The van der Waals surface area contributed by atoms with E-state index in [4.69, 9.17) is 4.74 Å². The minimum Gasteiger partial charge on any atom is -0.492 e. The Kier molecular flexibility index (Phi) is 7.76. The van der Waals surface area contributed by atoms with Gasteiger partial charge < -0.3 is 9.64 Å². The Morgan fingerprint density at radius 3 is 2.06 bits per heavy atom. The number of anilines is 1. The summed E-state index contributed by atoms with van der Waals surface area (Å²) in [6.07, 6.45) is 0. The van der Waals surface area contributed by atoms with Gasteiger partial charge in [0.1, 0.15) is 12.3 Å². The van der Waals surface area contributed by atoms with Crippen molar-refractivity contribution in [3.8, 4) is 5.75 Å². The quantitative estimate of drug-likeness (QED) is 0.464. The lowest BCUT2D eigenvalue weighted by molar-refractivity contribution is -0.128. The molecule has 3 rings (SSSR count). The number of carbonyl (C=O) groups excluding carboxylic acids is 1. The van der Waals surface area contributed by atoms with Gasteiger partial charge in [-0.3, -0.25) is 9.10 Å². The molecule has 0 atom stereocenters. The van der Waals surface area contributed by atoms with Crippen LogP contribution in [-0.2, 0) is 21.4 Å². The smallest absolute Gasteiger partial charge is 0.264 e.